The van der Waals surface area contributed by atoms with Crippen molar-refractivity contribution >= 4 is 11.6 Å². The van der Waals surface area contributed by atoms with E-state index in [1.807, 2.05) is 0 Å². The molecule has 0 radical (unpaired) electrons. The zero-order valence-electron chi connectivity index (χ0n) is 13.6. The van der Waals surface area contributed by atoms with Gasteiger partial charge in [-0.05, 0) is 50.9 Å². The summed E-state index contributed by atoms with van der Waals surface area (Å²) in [6.07, 6.45) is 10.4. The van der Waals surface area contributed by atoms with Crippen molar-refractivity contribution in [2.45, 2.75) is 56.5 Å². The molecule has 128 valence electrons. The van der Waals surface area contributed by atoms with Gasteiger partial charge in [-0.25, -0.2) is 9.97 Å². The molecule has 7 heteroatoms. The zero-order chi connectivity index (χ0) is 16.7. The van der Waals surface area contributed by atoms with Gasteiger partial charge in [0.1, 0.15) is 5.82 Å². The molecule has 24 heavy (non-hydrogen) atoms. The van der Waals surface area contributed by atoms with Gasteiger partial charge in [0.25, 0.3) is 0 Å². The van der Waals surface area contributed by atoms with Gasteiger partial charge in [-0.15, -0.1) is 0 Å². The van der Waals surface area contributed by atoms with Crippen LogP contribution in [0.5, 0.6) is 0 Å². The van der Waals surface area contributed by atoms with Crippen LogP contribution in [0.25, 0.3) is 11.3 Å². The van der Waals surface area contributed by atoms with E-state index in [-0.39, 0.29) is 6.04 Å². The van der Waals surface area contributed by atoms with E-state index in [2.05, 4.69) is 15.2 Å². The molecule has 0 aliphatic heterocycles. The van der Waals surface area contributed by atoms with Crippen molar-refractivity contribution in [3.8, 4) is 11.3 Å². The highest BCUT2D eigenvalue weighted by Gasteiger charge is 2.35. The highest BCUT2D eigenvalue weighted by atomic mass is 35.5. The predicted molar refractivity (Wildman–Crippen MR) is 93.4 cm³/mol. The number of aromatic amines is 1. The Balaban J connectivity index is 1.68. The maximum Gasteiger partial charge on any atom is 0.148 e. The Labute approximate surface area is 146 Å². The van der Waals surface area contributed by atoms with E-state index >= 15 is 0 Å². The van der Waals surface area contributed by atoms with Crippen LogP contribution in [0, 0.1) is 5.92 Å². The third-order valence-corrected chi connectivity index (χ3v) is 5.55. The normalized spacial score (nSPS) is 27.4. The van der Waals surface area contributed by atoms with Crippen LogP contribution in [0.2, 0.25) is 5.02 Å². The van der Waals surface area contributed by atoms with Crippen LogP contribution in [0.4, 0.5) is 0 Å². The summed E-state index contributed by atoms with van der Waals surface area (Å²) in [7, 11) is 0. The summed E-state index contributed by atoms with van der Waals surface area (Å²) in [5.41, 5.74) is 14.9. The largest absolute Gasteiger partial charge is 0.328 e. The van der Waals surface area contributed by atoms with Gasteiger partial charge in [-0.1, -0.05) is 11.6 Å². The summed E-state index contributed by atoms with van der Waals surface area (Å²) < 4.78 is 0. The topological polar surface area (TPSA) is 107 Å². The van der Waals surface area contributed by atoms with Crippen LogP contribution in [-0.2, 0) is 12.0 Å². The minimum absolute atomic E-state index is 0.229. The van der Waals surface area contributed by atoms with Crippen molar-refractivity contribution in [1.82, 2.24) is 20.2 Å². The zero-order valence-corrected chi connectivity index (χ0v) is 14.4. The molecule has 2 aromatic heterocycles. The summed E-state index contributed by atoms with van der Waals surface area (Å²) in [4.78, 5) is 9.19. The van der Waals surface area contributed by atoms with Gasteiger partial charge in [-0.3, -0.25) is 5.10 Å². The second-order valence-corrected chi connectivity index (χ2v) is 7.70. The molecule has 0 unspecified atom stereocenters. The van der Waals surface area contributed by atoms with Crippen molar-refractivity contribution in [3.05, 3.63) is 28.9 Å². The molecule has 0 saturated heterocycles. The molecule has 4 rings (SSSR count). The Bertz CT molecular complexity index is 730. The third-order valence-electron chi connectivity index (χ3n) is 5.28. The molecule has 0 aromatic carbocycles. The standard InChI is InChI=1S/C17H23ClN6/c18-13-9-21-16(17(20)5-3-11(19)4-6-17)23-15(13)12-8-22-24-14(12)7-10-1-2-10/h8-11H,1-7,19-20H2,(H,22,24). The summed E-state index contributed by atoms with van der Waals surface area (Å²) in [5.74, 6) is 1.41. The minimum atomic E-state index is -0.518. The molecule has 0 amide bonds. The van der Waals surface area contributed by atoms with E-state index in [9.17, 15) is 0 Å². The molecule has 5 N–H and O–H groups in total. The molecule has 2 aliphatic carbocycles. The molecule has 0 bridgehead atoms. The molecule has 0 atom stereocenters. The maximum atomic E-state index is 6.60. The van der Waals surface area contributed by atoms with E-state index in [4.69, 9.17) is 28.1 Å². The summed E-state index contributed by atoms with van der Waals surface area (Å²) >= 11 is 6.39. The average molecular weight is 347 g/mol. The molecule has 0 spiro atoms. The Morgan fingerprint density at radius 3 is 2.67 bits per heavy atom. The van der Waals surface area contributed by atoms with Crippen LogP contribution in [-0.4, -0.2) is 26.2 Å². The van der Waals surface area contributed by atoms with Crippen molar-refractivity contribution in [1.29, 1.82) is 0 Å². The highest BCUT2D eigenvalue weighted by molar-refractivity contribution is 6.32. The Kier molecular flexibility index (Phi) is 4.06. The van der Waals surface area contributed by atoms with Gasteiger partial charge in [0, 0.05) is 23.5 Å². The Morgan fingerprint density at radius 2 is 1.96 bits per heavy atom. The SMILES string of the molecule is NC1CCC(N)(c2ncc(Cl)c(-c3cn[nH]c3CC3CC3)n2)CC1. The Morgan fingerprint density at radius 1 is 1.21 bits per heavy atom. The maximum absolute atomic E-state index is 6.60. The van der Waals surface area contributed by atoms with E-state index < -0.39 is 5.54 Å². The van der Waals surface area contributed by atoms with Crippen molar-refractivity contribution < 1.29 is 0 Å². The lowest BCUT2D eigenvalue weighted by atomic mass is 9.80. The summed E-state index contributed by atoms with van der Waals surface area (Å²) in [5, 5.41) is 7.83. The van der Waals surface area contributed by atoms with Gasteiger partial charge in [0.15, 0.2) is 0 Å². The number of nitrogens with two attached hydrogens (primary N) is 2. The molecule has 2 fully saturated rings. The monoisotopic (exact) mass is 346 g/mol. The van der Waals surface area contributed by atoms with Gasteiger partial charge in [-0.2, -0.15) is 5.10 Å². The second-order valence-electron chi connectivity index (χ2n) is 7.29. The lowest BCUT2D eigenvalue weighted by Crippen LogP contribution is -2.44. The molecular formula is C17H23ClN6. The van der Waals surface area contributed by atoms with E-state index in [0.29, 0.717) is 10.8 Å². The molecule has 2 saturated carbocycles. The van der Waals surface area contributed by atoms with Crippen LogP contribution < -0.4 is 11.5 Å². The molecule has 2 heterocycles. The highest BCUT2D eigenvalue weighted by Crippen LogP contribution is 2.37. The number of halogens is 1. The number of H-pyrrole nitrogens is 1. The fourth-order valence-corrected chi connectivity index (χ4v) is 3.65. The van der Waals surface area contributed by atoms with Gasteiger partial charge in [0.2, 0.25) is 0 Å². The number of nitrogens with one attached hydrogen (secondary N) is 1. The number of hydrogen-bond donors (Lipinski definition) is 3. The van der Waals surface area contributed by atoms with E-state index in [1.54, 1.807) is 12.4 Å². The number of rotatable bonds is 4. The van der Waals surface area contributed by atoms with Gasteiger partial charge >= 0.3 is 0 Å². The van der Waals surface area contributed by atoms with Crippen LogP contribution in [0.1, 0.15) is 50.0 Å². The van der Waals surface area contributed by atoms with Crippen LogP contribution >= 0.6 is 11.6 Å². The lowest BCUT2D eigenvalue weighted by Gasteiger charge is -2.34. The van der Waals surface area contributed by atoms with Crippen LogP contribution in [0.15, 0.2) is 12.4 Å². The quantitative estimate of drug-likeness (QED) is 0.788. The third kappa shape index (κ3) is 3.06. The first-order valence-corrected chi connectivity index (χ1v) is 9.03. The predicted octanol–water partition coefficient (Wildman–Crippen LogP) is 2.53. The first-order chi connectivity index (χ1) is 11.5. The fourth-order valence-electron chi connectivity index (χ4n) is 3.46. The molecule has 6 nitrogen and oxygen atoms in total. The summed E-state index contributed by atoms with van der Waals surface area (Å²) in [6.45, 7) is 0. The van der Waals surface area contributed by atoms with Crippen LogP contribution in [0.3, 0.4) is 0 Å². The smallest absolute Gasteiger partial charge is 0.148 e. The average Bonchev–Trinajstić information content (AvgIpc) is 3.27. The fraction of sp³-hybridized carbons (Fsp3) is 0.588. The molecule has 2 aliphatic rings. The van der Waals surface area contributed by atoms with Gasteiger partial charge < -0.3 is 11.5 Å². The van der Waals surface area contributed by atoms with E-state index in [0.717, 1.165) is 55.0 Å². The van der Waals surface area contributed by atoms with Crippen molar-refractivity contribution in [2.75, 3.05) is 0 Å². The van der Waals surface area contributed by atoms with Crippen molar-refractivity contribution in [3.63, 3.8) is 0 Å². The van der Waals surface area contributed by atoms with Gasteiger partial charge in [0.05, 0.1) is 22.5 Å². The molecular weight excluding hydrogens is 324 g/mol. The number of hydrogen-bond acceptors (Lipinski definition) is 5. The second kappa shape index (κ2) is 6.10. The number of nitrogens with zero attached hydrogens (tertiary/aromatic N) is 3. The molecule has 2 aromatic rings. The van der Waals surface area contributed by atoms with Crippen molar-refractivity contribution in [2.24, 2.45) is 17.4 Å². The first kappa shape index (κ1) is 16.0. The minimum Gasteiger partial charge on any atom is -0.328 e. The summed E-state index contributed by atoms with van der Waals surface area (Å²) in [6, 6.07) is 0.229. The first-order valence-electron chi connectivity index (χ1n) is 8.65. The Hall–Kier alpha value is -1.50. The lowest BCUT2D eigenvalue weighted by molar-refractivity contribution is 0.265. The number of aromatic nitrogens is 4. The van der Waals surface area contributed by atoms with E-state index in [1.165, 1.54) is 12.8 Å².